The van der Waals surface area contributed by atoms with Crippen molar-refractivity contribution in [2.24, 2.45) is 5.92 Å². The average Bonchev–Trinajstić information content (AvgIpc) is 2.90. The van der Waals surface area contributed by atoms with Gasteiger partial charge in [0.1, 0.15) is 4.83 Å². The second-order valence-corrected chi connectivity index (χ2v) is 11.5. The molecule has 0 spiro atoms. The van der Waals surface area contributed by atoms with E-state index in [-0.39, 0.29) is 23.0 Å². The van der Waals surface area contributed by atoms with Gasteiger partial charge in [-0.3, -0.25) is 9.36 Å². The average molecular weight is 403 g/mol. The van der Waals surface area contributed by atoms with Gasteiger partial charge in [0.25, 0.3) is 5.56 Å². The minimum Gasteiger partial charge on any atom is -0.391 e. The molecule has 1 aliphatic rings. The Hall–Kier alpha value is -0.900. The number of aromatic nitrogens is 2. The molecule has 0 saturated carbocycles. The number of sulfone groups is 1. The van der Waals surface area contributed by atoms with Crippen LogP contribution in [-0.4, -0.2) is 45.9 Å². The first kappa shape index (κ1) is 18.9. The van der Waals surface area contributed by atoms with Crippen LogP contribution >= 0.6 is 23.1 Å². The molecule has 0 unspecified atom stereocenters. The molecule has 1 aliphatic heterocycles. The van der Waals surface area contributed by atoms with Crippen molar-refractivity contribution in [3.05, 3.63) is 20.8 Å². The van der Waals surface area contributed by atoms with Gasteiger partial charge < -0.3 is 5.11 Å². The first-order valence-electron chi connectivity index (χ1n) is 8.14. The molecule has 3 rings (SSSR count). The van der Waals surface area contributed by atoms with Gasteiger partial charge in [-0.15, -0.1) is 11.3 Å². The van der Waals surface area contributed by atoms with Gasteiger partial charge in [0.05, 0.1) is 28.2 Å². The Morgan fingerprint density at radius 1 is 1.36 bits per heavy atom. The van der Waals surface area contributed by atoms with E-state index in [1.54, 1.807) is 4.57 Å². The standard InChI is InChI=1S/C16H22N2O4S3/c1-8(2)5-18-15(20)13-9(3)10(4)23-14(13)17-16(18)24-12-7-25(21,22)6-11(12)19/h8,11-12,19H,5-7H2,1-4H3/t11-,12-/m0/s1. The molecule has 9 heteroatoms. The molecule has 0 aromatic carbocycles. The fourth-order valence-electron chi connectivity index (χ4n) is 2.97. The summed E-state index contributed by atoms with van der Waals surface area (Å²) in [6.45, 7) is 8.44. The normalized spacial score (nSPS) is 23.0. The molecule has 0 amide bonds. The first-order valence-corrected chi connectivity index (χ1v) is 11.7. The number of thioether (sulfide) groups is 1. The van der Waals surface area contributed by atoms with E-state index >= 15 is 0 Å². The summed E-state index contributed by atoms with van der Waals surface area (Å²) in [5.74, 6) is -0.0660. The number of fused-ring (bicyclic) bond motifs is 1. The minimum atomic E-state index is -3.24. The van der Waals surface area contributed by atoms with Crippen LogP contribution in [-0.2, 0) is 16.4 Å². The Bertz CT molecular complexity index is 975. The molecular weight excluding hydrogens is 380 g/mol. The monoisotopic (exact) mass is 402 g/mol. The van der Waals surface area contributed by atoms with E-state index in [1.165, 1.54) is 23.1 Å². The van der Waals surface area contributed by atoms with Crippen LogP contribution in [0.2, 0.25) is 0 Å². The number of aryl methyl sites for hydroxylation is 2. The topological polar surface area (TPSA) is 89.3 Å². The minimum absolute atomic E-state index is 0.0848. The van der Waals surface area contributed by atoms with Crippen molar-refractivity contribution in [1.82, 2.24) is 9.55 Å². The van der Waals surface area contributed by atoms with E-state index < -0.39 is 21.2 Å². The lowest BCUT2D eigenvalue weighted by atomic mass is 10.2. The van der Waals surface area contributed by atoms with Crippen LogP contribution in [0.25, 0.3) is 10.2 Å². The number of aliphatic hydroxyl groups excluding tert-OH is 1. The van der Waals surface area contributed by atoms with Crippen molar-refractivity contribution in [3.8, 4) is 0 Å². The molecule has 1 N–H and O–H groups in total. The third-order valence-electron chi connectivity index (χ3n) is 4.33. The highest BCUT2D eigenvalue weighted by Crippen LogP contribution is 2.33. The number of rotatable bonds is 4. The summed E-state index contributed by atoms with van der Waals surface area (Å²) in [5.41, 5.74) is 0.869. The van der Waals surface area contributed by atoms with E-state index in [2.05, 4.69) is 4.98 Å². The van der Waals surface area contributed by atoms with Crippen molar-refractivity contribution in [3.63, 3.8) is 0 Å². The Balaban J connectivity index is 2.11. The van der Waals surface area contributed by atoms with E-state index in [0.29, 0.717) is 21.9 Å². The summed E-state index contributed by atoms with van der Waals surface area (Å²) in [5, 5.41) is 10.7. The number of hydrogen-bond acceptors (Lipinski definition) is 7. The second-order valence-electron chi connectivity index (χ2n) is 6.97. The third-order valence-corrected chi connectivity index (χ3v) is 8.66. The summed E-state index contributed by atoms with van der Waals surface area (Å²) in [7, 11) is -3.24. The van der Waals surface area contributed by atoms with Gasteiger partial charge >= 0.3 is 0 Å². The summed E-state index contributed by atoms with van der Waals surface area (Å²) >= 11 is 2.68. The van der Waals surface area contributed by atoms with E-state index in [4.69, 9.17) is 0 Å². The lowest BCUT2D eigenvalue weighted by Gasteiger charge is -2.17. The summed E-state index contributed by atoms with van der Waals surface area (Å²) < 4.78 is 25.2. The lowest BCUT2D eigenvalue weighted by Crippen LogP contribution is -2.28. The van der Waals surface area contributed by atoms with Crippen LogP contribution in [0.4, 0.5) is 0 Å². The molecule has 2 aromatic heterocycles. The zero-order chi connectivity index (χ0) is 18.5. The summed E-state index contributed by atoms with van der Waals surface area (Å²) in [6.07, 6.45) is -0.929. The Kier molecular flexibility index (Phi) is 5.04. The maximum Gasteiger partial charge on any atom is 0.263 e. The maximum atomic E-state index is 13.0. The van der Waals surface area contributed by atoms with Crippen molar-refractivity contribution >= 4 is 43.2 Å². The highest BCUT2D eigenvalue weighted by atomic mass is 32.2. The maximum absolute atomic E-state index is 13.0. The lowest BCUT2D eigenvalue weighted by molar-refractivity contribution is 0.207. The molecule has 0 bridgehead atoms. The Labute approximate surface area is 155 Å². The molecular formula is C16H22N2O4S3. The molecule has 1 saturated heterocycles. The molecule has 138 valence electrons. The number of hydrogen-bond donors (Lipinski definition) is 1. The van der Waals surface area contributed by atoms with Crippen molar-refractivity contribution < 1.29 is 13.5 Å². The van der Waals surface area contributed by atoms with E-state index in [0.717, 1.165) is 10.4 Å². The third kappa shape index (κ3) is 3.65. The van der Waals surface area contributed by atoms with Crippen LogP contribution in [0.1, 0.15) is 24.3 Å². The van der Waals surface area contributed by atoms with Crippen molar-refractivity contribution in [2.75, 3.05) is 11.5 Å². The molecule has 25 heavy (non-hydrogen) atoms. The fourth-order valence-corrected chi connectivity index (χ4v) is 7.63. The van der Waals surface area contributed by atoms with Gasteiger partial charge in [0, 0.05) is 11.4 Å². The number of aliphatic hydroxyl groups is 1. The quantitative estimate of drug-likeness (QED) is 0.787. The Morgan fingerprint density at radius 2 is 2.04 bits per heavy atom. The van der Waals surface area contributed by atoms with Crippen LogP contribution in [0.3, 0.4) is 0 Å². The molecule has 6 nitrogen and oxygen atoms in total. The van der Waals surface area contributed by atoms with Crippen LogP contribution in [0.15, 0.2) is 9.95 Å². The molecule has 1 fully saturated rings. The van der Waals surface area contributed by atoms with Gasteiger partial charge in [-0.05, 0) is 25.3 Å². The van der Waals surface area contributed by atoms with E-state index in [9.17, 15) is 18.3 Å². The molecule has 3 heterocycles. The molecule has 2 aromatic rings. The van der Waals surface area contributed by atoms with Crippen LogP contribution in [0, 0.1) is 19.8 Å². The molecule has 0 aliphatic carbocycles. The molecule has 2 atom stereocenters. The number of nitrogens with zero attached hydrogens (tertiary/aromatic N) is 2. The van der Waals surface area contributed by atoms with Crippen molar-refractivity contribution in [1.29, 1.82) is 0 Å². The Morgan fingerprint density at radius 3 is 2.60 bits per heavy atom. The number of thiophene rings is 1. The van der Waals surface area contributed by atoms with Gasteiger partial charge in [-0.1, -0.05) is 25.6 Å². The predicted octanol–water partition coefficient (Wildman–Crippen LogP) is 1.98. The van der Waals surface area contributed by atoms with Gasteiger partial charge in [0.2, 0.25) is 0 Å². The smallest absolute Gasteiger partial charge is 0.263 e. The zero-order valence-electron chi connectivity index (χ0n) is 14.6. The van der Waals surface area contributed by atoms with Gasteiger partial charge in [0.15, 0.2) is 15.0 Å². The molecule has 0 radical (unpaired) electrons. The summed E-state index contributed by atoms with van der Waals surface area (Å²) in [4.78, 5) is 19.4. The van der Waals surface area contributed by atoms with Gasteiger partial charge in [-0.2, -0.15) is 0 Å². The summed E-state index contributed by atoms with van der Waals surface area (Å²) in [6, 6.07) is 0. The first-order chi connectivity index (χ1) is 11.6. The largest absolute Gasteiger partial charge is 0.391 e. The fraction of sp³-hybridized carbons (Fsp3) is 0.625. The van der Waals surface area contributed by atoms with Crippen LogP contribution in [0.5, 0.6) is 0 Å². The predicted molar refractivity (Wildman–Crippen MR) is 102 cm³/mol. The SMILES string of the molecule is Cc1sc2nc(S[C@H]3CS(=O)(=O)C[C@@H]3O)n(CC(C)C)c(=O)c2c1C. The van der Waals surface area contributed by atoms with Crippen molar-refractivity contribution in [2.45, 2.75) is 50.8 Å². The van der Waals surface area contributed by atoms with E-state index in [1.807, 2.05) is 27.7 Å². The zero-order valence-corrected chi connectivity index (χ0v) is 17.1. The highest BCUT2D eigenvalue weighted by molar-refractivity contribution is 8.01. The van der Waals surface area contributed by atoms with Crippen LogP contribution < -0.4 is 5.56 Å². The second kappa shape index (κ2) is 6.68. The van der Waals surface area contributed by atoms with Gasteiger partial charge in [-0.25, -0.2) is 13.4 Å². The highest BCUT2D eigenvalue weighted by Gasteiger charge is 2.38.